The predicted molar refractivity (Wildman–Crippen MR) is 82.7 cm³/mol. The van der Waals surface area contributed by atoms with Crippen molar-refractivity contribution in [1.29, 1.82) is 0 Å². The van der Waals surface area contributed by atoms with Crippen molar-refractivity contribution >= 4 is 34.8 Å². The number of rotatable bonds is 3. The van der Waals surface area contributed by atoms with Crippen molar-refractivity contribution in [2.24, 2.45) is 0 Å². The Kier molecular flexibility index (Phi) is 4.95. The van der Waals surface area contributed by atoms with Crippen molar-refractivity contribution in [3.05, 3.63) is 58.9 Å². The summed E-state index contributed by atoms with van der Waals surface area (Å²) in [6.45, 7) is -0.0819. The van der Waals surface area contributed by atoms with Crippen LogP contribution in [0.5, 0.6) is 0 Å². The first-order chi connectivity index (χ1) is 10.5. The van der Waals surface area contributed by atoms with E-state index in [0.29, 0.717) is 16.9 Å². The maximum atomic E-state index is 13.4. The monoisotopic (exact) mass is 321 g/mol. The Hall–Kier alpha value is -2.60. The molecule has 0 saturated carbocycles. The third kappa shape index (κ3) is 3.95. The highest BCUT2D eigenvalue weighted by Gasteiger charge is 2.14. The predicted octanol–water partition coefficient (Wildman–Crippen LogP) is 2.32. The molecule has 0 aromatic heterocycles. The summed E-state index contributed by atoms with van der Waals surface area (Å²) in [5, 5.41) is 4.98. The third-order valence-corrected chi connectivity index (χ3v) is 3.19. The minimum absolute atomic E-state index is 0.0819. The molecule has 0 fully saturated rings. The zero-order chi connectivity index (χ0) is 16.1. The van der Waals surface area contributed by atoms with Gasteiger partial charge in [0.1, 0.15) is 5.82 Å². The fraction of sp³-hybridized carbons (Fsp3) is 0.0667. The Morgan fingerprint density at radius 2 is 1.86 bits per heavy atom. The molecule has 0 heterocycles. The van der Waals surface area contributed by atoms with Gasteiger partial charge in [-0.15, -0.1) is 0 Å². The summed E-state index contributed by atoms with van der Waals surface area (Å²) >= 11 is 5.82. The standard InChI is InChI=1S/C15H13ClFN3O2/c16-11-7-10(5-6-13(11)18)20-15(22)14(21)19-8-9-3-1-2-4-12(9)17/h1-7H,8,18H2,(H,19,21)(H,20,22). The minimum Gasteiger partial charge on any atom is -0.398 e. The summed E-state index contributed by atoms with van der Waals surface area (Å²) in [7, 11) is 0. The molecular formula is C15H13ClFN3O2. The molecule has 0 aliphatic rings. The molecule has 2 rings (SSSR count). The SMILES string of the molecule is Nc1ccc(NC(=O)C(=O)NCc2ccccc2F)cc1Cl. The van der Waals surface area contributed by atoms with Crippen molar-refractivity contribution in [3.63, 3.8) is 0 Å². The molecule has 0 aliphatic heterocycles. The van der Waals surface area contributed by atoms with E-state index in [0.717, 1.165) is 0 Å². The number of carbonyl (C=O) groups excluding carboxylic acids is 2. The molecule has 2 aromatic carbocycles. The fourth-order valence-electron chi connectivity index (χ4n) is 1.69. The number of halogens is 2. The first-order valence-corrected chi connectivity index (χ1v) is 6.73. The highest BCUT2D eigenvalue weighted by atomic mass is 35.5. The summed E-state index contributed by atoms with van der Waals surface area (Å²) in [5.74, 6) is -2.21. The molecule has 0 aliphatic carbocycles. The molecule has 0 bridgehead atoms. The van der Waals surface area contributed by atoms with Crippen LogP contribution in [0.1, 0.15) is 5.56 Å². The molecule has 5 nitrogen and oxygen atoms in total. The van der Waals surface area contributed by atoms with Crippen LogP contribution >= 0.6 is 11.6 Å². The molecule has 0 radical (unpaired) electrons. The third-order valence-electron chi connectivity index (χ3n) is 2.86. The second kappa shape index (κ2) is 6.91. The second-order valence-electron chi connectivity index (χ2n) is 4.46. The van der Waals surface area contributed by atoms with Gasteiger partial charge in [-0.2, -0.15) is 0 Å². The van der Waals surface area contributed by atoms with Crippen LogP contribution in [-0.2, 0) is 16.1 Å². The summed E-state index contributed by atoms with van der Waals surface area (Å²) < 4.78 is 13.4. The average molecular weight is 322 g/mol. The number of nitrogen functional groups attached to an aromatic ring is 1. The molecule has 4 N–H and O–H groups in total. The number of hydrogen-bond acceptors (Lipinski definition) is 3. The van der Waals surface area contributed by atoms with E-state index in [4.69, 9.17) is 17.3 Å². The van der Waals surface area contributed by atoms with E-state index in [1.54, 1.807) is 6.07 Å². The lowest BCUT2D eigenvalue weighted by Gasteiger charge is -2.08. The highest BCUT2D eigenvalue weighted by Crippen LogP contribution is 2.22. The lowest BCUT2D eigenvalue weighted by Crippen LogP contribution is -2.35. The summed E-state index contributed by atoms with van der Waals surface area (Å²) in [6.07, 6.45) is 0. The normalized spacial score (nSPS) is 10.1. The Balaban J connectivity index is 1.93. The zero-order valence-electron chi connectivity index (χ0n) is 11.4. The molecule has 0 saturated heterocycles. The van der Waals surface area contributed by atoms with E-state index in [1.807, 2.05) is 0 Å². The molecule has 0 atom stereocenters. The number of anilines is 2. The Bertz CT molecular complexity index is 722. The van der Waals surface area contributed by atoms with E-state index < -0.39 is 17.6 Å². The molecule has 2 amide bonds. The molecule has 22 heavy (non-hydrogen) atoms. The molecule has 7 heteroatoms. The number of nitrogens with two attached hydrogens (primary N) is 1. The maximum Gasteiger partial charge on any atom is 0.313 e. The fourth-order valence-corrected chi connectivity index (χ4v) is 1.87. The van der Waals surface area contributed by atoms with Crippen LogP contribution in [-0.4, -0.2) is 11.8 Å². The summed E-state index contributed by atoms with van der Waals surface area (Å²) in [6, 6.07) is 10.4. The smallest absolute Gasteiger partial charge is 0.313 e. The van der Waals surface area contributed by atoms with Gasteiger partial charge in [-0.3, -0.25) is 9.59 Å². The van der Waals surface area contributed by atoms with Gasteiger partial charge in [-0.1, -0.05) is 29.8 Å². The minimum atomic E-state index is -0.879. The van der Waals surface area contributed by atoms with Gasteiger partial charge in [0.15, 0.2) is 0 Å². The zero-order valence-corrected chi connectivity index (χ0v) is 12.2. The number of benzene rings is 2. The Labute approximate surface area is 131 Å². The Morgan fingerprint density at radius 3 is 2.55 bits per heavy atom. The first-order valence-electron chi connectivity index (χ1n) is 6.35. The molecule has 0 unspecified atom stereocenters. The molecule has 2 aromatic rings. The van der Waals surface area contributed by atoms with E-state index >= 15 is 0 Å². The lowest BCUT2D eigenvalue weighted by molar-refractivity contribution is -0.136. The first kappa shape index (κ1) is 15.8. The summed E-state index contributed by atoms with van der Waals surface area (Å²) in [5.41, 5.74) is 6.54. The Morgan fingerprint density at radius 1 is 1.14 bits per heavy atom. The van der Waals surface area contributed by atoms with Crippen LogP contribution in [0.25, 0.3) is 0 Å². The van der Waals surface area contributed by atoms with Crippen molar-refractivity contribution in [3.8, 4) is 0 Å². The van der Waals surface area contributed by atoms with Gasteiger partial charge in [-0.25, -0.2) is 4.39 Å². The van der Waals surface area contributed by atoms with Crippen LogP contribution in [0.15, 0.2) is 42.5 Å². The van der Waals surface area contributed by atoms with Gasteiger partial charge in [0.05, 0.1) is 10.7 Å². The quantitative estimate of drug-likeness (QED) is 0.599. The maximum absolute atomic E-state index is 13.4. The number of nitrogens with one attached hydrogen (secondary N) is 2. The van der Waals surface area contributed by atoms with Crippen LogP contribution < -0.4 is 16.4 Å². The highest BCUT2D eigenvalue weighted by molar-refractivity contribution is 6.40. The van der Waals surface area contributed by atoms with Crippen LogP contribution in [0.2, 0.25) is 5.02 Å². The van der Waals surface area contributed by atoms with Gasteiger partial charge in [0.2, 0.25) is 0 Å². The van der Waals surface area contributed by atoms with E-state index in [9.17, 15) is 14.0 Å². The van der Waals surface area contributed by atoms with E-state index in [2.05, 4.69) is 10.6 Å². The lowest BCUT2D eigenvalue weighted by atomic mass is 10.2. The van der Waals surface area contributed by atoms with Crippen LogP contribution in [0.3, 0.4) is 0 Å². The number of carbonyl (C=O) groups is 2. The van der Waals surface area contributed by atoms with Crippen LogP contribution in [0, 0.1) is 5.82 Å². The second-order valence-corrected chi connectivity index (χ2v) is 4.87. The topological polar surface area (TPSA) is 84.2 Å². The number of amides is 2. The van der Waals surface area contributed by atoms with Crippen molar-refractivity contribution < 1.29 is 14.0 Å². The average Bonchev–Trinajstić information content (AvgIpc) is 2.50. The van der Waals surface area contributed by atoms with Gasteiger partial charge < -0.3 is 16.4 Å². The van der Waals surface area contributed by atoms with Crippen molar-refractivity contribution in [2.45, 2.75) is 6.54 Å². The van der Waals surface area contributed by atoms with E-state index in [1.165, 1.54) is 36.4 Å². The number of hydrogen-bond donors (Lipinski definition) is 3. The van der Waals surface area contributed by atoms with Gasteiger partial charge in [0.25, 0.3) is 0 Å². The van der Waals surface area contributed by atoms with E-state index in [-0.39, 0.29) is 11.6 Å². The van der Waals surface area contributed by atoms with Crippen molar-refractivity contribution in [1.82, 2.24) is 5.32 Å². The van der Waals surface area contributed by atoms with Crippen molar-refractivity contribution in [2.75, 3.05) is 11.1 Å². The molecular weight excluding hydrogens is 309 g/mol. The molecule has 0 spiro atoms. The summed E-state index contributed by atoms with van der Waals surface area (Å²) in [4.78, 5) is 23.4. The largest absolute Gasteiger partial charge is 0.398 e. The molecule has 114 valence electrons. The van der Waals surface area contributed by atoms with Gasteiger partial charge in [0, 0.05) is 17.8 Å². The van der Waals surface area contributed by atoms with Crippen LogP contribution in [0.4, 0.5) is 15.8 Å². The van der Waals surface area contributed by atoms with Gasteiger partial charge in [-0.05, 0) is 24.3 Å². The van der Waals surface area contributed by atoms with Gasteiger partial charge >= 0.3 is 11.8 Å².